The predicted octanol–water partition coefficient (Wildman–Crippen LogP) is 2.38. The van der Waals surface area contributed by atoms with Crippen LogP contribution in [0.4, 0.5) is 0 Å². The Bertz CT molecular complexity index is 504. The van der Waals surface area contributed by atoms with Gasteiger partial charge in [0.15, 0.2) is 5.60 Å². The molecule has 0 aromatic heterocycles. The molecule has 0 unspecified atom stereocenters. The Morgan fingerprint density at radius 1 is 1.52 bits per heavy atom. The standard InChI is InChI=1S/C16H22ClNO3/c1-3-5-9-14(11-19)18-15(20)16(21,4-2)12-7-6-8-13(17)10-12/h3,5-8,10,14,19,21H,4,9,11H2,1-2H3,(H,18,20)/b5-3+/t14-,16+/m1/s1. The second kappa shape index (κ2) is 8.17. The van der Waals surface area contributed by atoms with Crippen LogP contribution in [-0.2, 0) is 10.4 Å². The van der Waals surface area contributed by atoms with E-state index in [0.717, 1.165) is 0 Å². The maximum Gasteiger partial charge on any atom is 0.256 e. The van der Waals surface area contributed by atoms with Gasteiger partial charge in [-0.2, -0.15) is 0 Å². The lowest BCUT2D eigenvalue weighted by Crippen LogP contribution is -2.49. The topological polar surface area (TPSA) is 69.6 Å². The number of hydrogen-bond acceptors (Lipinski definition) is 3. The van der Waals surface area contributed by atoms with Gasteiger partial charge >= 0.3 is 0 Å². The van der Waals surface area contributed by atoms with Gasteiger partial charge in [-0.05, 0) is 37.5 Å². The molecule has 5 heteroatoms. The van der Waals surface area contributed by atoms with Crippen LogP contribution in [0.25, 0.3) is 0 Å². The molecule has 21 heavy (non-hydrogen) atoms. The summed E-state index contributed by atoms with van der Waals surface area (Å²) in [6.45, 7) is 3.40. The zero-order valence-electron chi connectivity index (χ0n) is 12.3. The van der Waals surface area contributed by atoms with Crippen LogP contribution in [0.2, 0.25) is 5.02 Å². The van der Waals surface area contributed by atoms with E-state index in [-0.39, 0.29) is 13.0 Å². The maximum atomic E-state index is 12.4. The van der Waals surface area contributed by atoms with Crippen molar-refractivity contribution in [3.05, 3.63) is 47.0 Å². The molecule has 1 rings (SSSR count). The normalized spacial score (nSPS) is 15.7. The highest BCUT2D eigenvalue weighted by Crippen LogP contribution is 2.27. The van der Waals surface area contributed by atoms with Crippen molar-refractivity contribution in [2.45, 2.75) is 38.3 Å². The van der Waals surface area contributed by atoms with Gasteiger partial charge in [0.05, 0.1) is 12.6 Å². The van der Waals surface area contributed by atoms with Gasteiger partial charge in [0.2, 0.25) is 0 Å². The number of halogens is 1. The molecular formula is C16H22ClNO3. The number of aliphatic hydroxyl groups is 2. The van der Waals surface area contributed by atoms with Gasteiger partial charge in [0, 0.05) is 5.02 Å². The molecule has 3 N–H and O–H groups in total. The van der Waals surface area contributed by atoms with Crippen molar-refractivity contribution in [1.29, 1.82) is 0 Å². The molecule has 0 radical (unpaired) electrons. The number of benzene rings is 1. The minimum absolute atomic E-state index is 0.189. The molecule has 0 saturated carbocycles. The fraction of sp³-hybridized carbons (Fsp3) is 0.438. The summed E-state index contributed by atoms with van der Waals surface area (Å²) in [6, 6.07) is 6.18. The van der Waals surface area contributed by atoms with Crippen LogP contribution in [-0.4, -0.2) is 28.8 Å². The van der Waals surface area contributed by atoms with E-state index in [2.05, 4.69) is 5.32 Å². The summed E-state index contributed by atoms with van der Waals surface area (Å²) >= 11 is 5.92. The van der Waals surface area contributed by atoms with Crippen LogP contribution in [0.15, 0.2) is 36.4 Å². The van der Waals surface area contributed by atoms with E-state index in [1.54, 1.807) is 31.2 Å². The average molecular weight is 312 g/mol. The van der Waals surface area contributed by atoms with E-state index in [9.17, 15) is 15.0 Å². The Hall–Kier alpha value is -1.36. The Kier molecular flexibility index (Phi) is 6.89. The smallest absolute Gasteiger partial charge is 0.256 e. The predicted molar refractivity (Wildman–Crippen MR) is 84.1 cm³/mol. The largest absolute Gasteiger partial charge is 0.394 e. The monoisotopic (exact) mass is 311 g/mol. The van der Waals surface area contributed by atoms with Gasteiger partial charge in [-0.25, -0.2) is 0 Å². The first-order valence-corrected chi connectivity index (χ1v) is 7.37. The molecule has 116 valence electrons. The summed E-state index contributed by atoms with van der Waals surface area (Å²) in [7, 11) is 0. The van der Waals surface area contributed by atoms with Crippen molar-refractivity contribution >= 4 is 17.5 Å². The van der Waals surface area contributed by atoms with Crippen LogP contribution in [0.1, 0.15) is 32.3 Å². The van der Waals surface area contributed by atoms with Crippen molar-refractivity contribution in [2.75, 3.05) is 6.61 Å². The third kappa shape index (κ3) is 4.56. The summed E-state index contributed by atoms with van der Waals surface area (Å²) in [6.07, 6.45) is 4.42. The third-order valence-corrected chi connectivity index (χ3v) is 3.64. The fourth-order valence-corrected chi connectivity index (χ4v) is 2.22. The molecule has 0 aliphatic heterocycles. The molecule has 0 heterocycles. The number of rotatable bonds is 7. The van der Waals surface area contributed by atoms with E-state index in [4.69, 9.17) is 11.6 Å². The lowest BCUT2D eigenvalue weighted by molar-refractivity contribution is -0.142. The molecule has 1 aromatic rings. The Morgan fingerprint density at radius 2 is 2.24 bits per heavy atom. The van der Waals surface area contributed by atoms with E-state index in [1.165, 1.54) is 0 Å². The van der Waals surface area contributed by atoms with E-state index in [0.29, 0.717) is 17.0 Å². The minimum Gasteiger partial charge on any atom is -0.394 e. The fourth-order valence-electron chi connectivity index (χ4n) is 2.03. The highest BCUT2D eigenvalue weighted by Gasteiger charge is 2.37. The van der Waals surface area contributed by atoms with Crippen molar-refractivity contribution in [2.24, 2.45) is 0 Å². The summed E-state index contributed by atoms with van der Waals surface area (Å²) in [5.41, 5.74) is -1.22. The second-order valence-electron chi connectivity index (χ2n) is 4.88. The van der Waals surface area contributed by atoms with Crippen LogP contribution in [0.5, 0.6) is 0 Å². The maximum absolute atomic E-state index is 12.4. The highest BCUT2D eigenvalue weighted by atomic mass is 35.5. The summed E-state index contributed by atoms with van der Waals surface area (Å²) in [4.78, 5) is 12.4. The lowest BCUT2D eigenvalue weighted by atomic mass is 9.90. The zero-order valence-corrected chi connectivity index (χ0v) is 13.1. The molecule has 1 aromatic carbocycles. The van der Waals surface area contributed by atoms with Gasteiger partial charge < -0.3 is 15.5 Å². The van der Waals surface area contributed by atoms with E-state index < -0.39 is 17.6 Å². The number of carbonyl (C=O) groups is 1. The van der Waals surface area contributed by atoms with Gasteiger partial charge in [-0.3, -0.25) is 4.79 Å². The number of amides is 1. The number of carbonyl (C=O) groups excluding carboxylic acids is 1. The Morgan fingerprint density at radius 3 is 2.76 bits per heavy atom. The molecule has 1 amide bonds. The number of allylic oxidation sites excluding steroid dienone is 1. The molecule has 0 fully saturated rings. The first kappa shape index (κ1) is 17.7. The molecular weight excluding hydrogens is 290 g/mol. The van der Waals surface area contributed by atoms with Crippen molar-refractivity contribution in [1.82, 2.24) is 5.32 Å². The third-order valence-electron chi connectivity index (χ3n) is 3.40. The van der Waals surface area contributed by atoms with Crippen molar-refractivity contribution in [3.8, 4) is 0 Å². The van der Waals surface area contributed by atoms with Gasteiger partial charge in [0.1, 0.15) is 0 Å². The quantitative estimate of drug-likeness (QED) is 0.677. The molecule has 0 spiro atoms. The first-order chi connectivity index (χ1) is 9.97. The molecule has 0 saturated heterocycles. The lowest BCUT2D eigenvalue weighted by Gasteiger charge is -2.28. The summed E-state index contributed by atoms with van der Waals surface area (Å²) in [5, 5.41) is 23.1. The van der Waals surface area contributed by atoms with Gasteiger partial charge in [-0.15, -0.1) is 0 Å². The highest BCUT2D eigenvalue weighted by molar-refractivity contribution is 6.30. The molecule has 2 atom stereocenters. The first-order valence-electron chi connectivity index (χ1n) is 6.99. The minimum atomic E-state index is -1.66. The van der Waals surface area contributed by atoms with Crippen molar-refractivity contribution < 1.29 is 15.0 Å². The zero-order chi connectivity index (χ0) is 15.9. The van der Waals surface area contributed by atoms with E-state index in [1.807, 2.05) is 19.1 Å². The second-order valence-corrected chi connectivity index (χ2v) is 5.32. The number of nitrogens with one attached hydrogen (secondary N) is 1. The SMILES string of the molecule is C/C=C/C[C@H](CO)NC(=O)[C@](O)(CC)c1cccc(Cl)c1. The van der Waals surface area contributed by atoms with Crippen LogP contribution < -0.4 is 5.32 Å². The van der Waals surface area contributed by atoms with Gasteiger partial charge in [-0.1, -0.05) is 42.8 Å². The Balaban J connectivity index is 2.94. The number of aliphatic hydroxyl groups excluding tert-OH is 1. The molecule has 4 nitrogen and oxygen atoms in total. The Labute approximate surface area is 130 Å². The average Bonchev–Trinajstić information content (AvgIpc) is 2.50. The molecule has 0 aliphatic rings. The van der Waals surface area contributed by atoms with Crippen LogP contribution in [0.3, 0.4) is 0 Å². The number of hydrogen-bond donors (Lipinski definition) is 3. The molecule has 0 bridgehead atoms. The molecule has 0 aliphatic carbocycles. The van der Waals surface area contributed by atoms with Crippen LogP contribution >= 0.6 is 11.6 Å². The summed E-state index contributed by atoms with van der Waals surface area (Å²) < 4.78 is 0. The van der Waals surface area contributed by atoms with Crippen LogP contribution in [0, 0.1) is 0 Å². The van der Waals surface area contributed by atoms with Crippen molar-refractivity contribution in [3.63, 3.8) is 0 Å². The van der Waals surface area contributed by atoms with E-state index >= 15 is 0 Å². The van der Waals surface area contributed by atoms with Gasteiger partial charge in [0.25, 0.3) is 5.91 Å². The summed E-state index contributed by atoms with van der Waals surface area (Å²) in [5.74, 6) is -0.532.